The van der Waals surface area contributed by atoms with Gasteiger partial charge in [0, 0.05) is 0 Å². The van der Waals surface area contributed by atoms with Crippen molar-refractivity contribution >= 4 is 0 Å². The van der Waals surface area contributed by atoms with Crippen molar-refractivity contribution in [3.05, 3.63) is 46.1 Å². The fraction of sp³-hybridized carbons (Fsp3) is 0.222. The van der Waals surface area contributed by atoms with Gasteiger partial charge < -0.3 is 22.3 Å². The Balaban J connectivity index is -0.000000101. The predicted octanol–water partition coefficient (Wildman–Crippen LogP) is 3.59. The second-order valence-corrected chi connectivity index (χ2v) is 1.69. The maximum Gasteiger partial charge on any atom is 4.00 e. The molecule has 0 bridgehead atoms. The van der Waals surface area contributed by atoms with E-state index in [9.17, 15) is 13.2 Å². The third-order valence-electron chi connectivity index (χ3n) is 1.00. The summed E-state index contributed by atoms with van der Waals surface area (Å²) in [7, 11) is 0. The Bertz CT molecular complexity index is 168. The molecule has 1 aliphatic rings. The van der Waals surface area contributed by atoms with Gasteiger partial charge in [-0.1, -0.05) is 0 Å². The molecule has 1 rings (SSSR count). The molecular weight excluding hydrogens is 256 g/mol. The van der Waals surface area contributed by atoms with E-state index in [1.807, 2.05) is 0 Å². The van der Waals surface area contributed by atoms with Gasteiger partial charge in [0.1, 0.15) is 0 Å². The first-order valence-corrected chi connectivity index (χ1v) is 2.45. The fourth-order valence-electron chi connectivity index (χ4n) is 0.599. The third kappa shape index (κ3) is 7.24. The van der Waals surface area contributed by atoms with E-state index >= 15 is 0 Å². The minimum Gasteiger partial charge on any atom is -0.358 e. The average molecular weight is 269 g/mol. The monoisotopic (exact) mass is 268 g/mol. The van der Waals surface area contributed by atoms with Crippen LogP contribution in [0.15, 0.2) is 17.7 Å². The van der Waals surface area contributed by atoms with Crippen molar-refractivity contribution in [1.29, 1.82) is 0 Å². The number of hydrogen-bond acceptors (Lipinski definition) is 0. The summed E-state index contributed by atoms with van der Waals surface area (Å²) in [5, 5.41) is 0. The van der Waals surface area contributed by atoms with Crippen molar-refractivity contribution in [2.75, 3.05) is 0 Å². The summed E-state index contributed by atoms with van der Waals surface area (Å²) < 4.78 is 34.8. The van der Waals surface area contributed by atoms with Crippen molar-refractivity contribution in [1.82, 2.24) is 0 Å². The Morgan fingerprint density at radius 1 is 1.15 bits per heavy atom. The van der Waals surface area contributed by atoms with Gasteiger partial charge in [0.25, 0.3) is 0 Å². The van der Waals surface area contributed by atoms with E-state index in [4.69, 9.17) is 0 Å². The van der Waals surface area contributed by atoms with Gasteiger partial charge in [-0.15, -0.1) is 12.0 Å². The normalized spacial score (nSPS) is 12.7. The SMILES string of the molecule is FC(F)(F)C1=[C-]CC=C1.[CH3-].[CH3-].[CH3-].[Zr+4]. The molecular formula is C9H13F3Zr. The van der Waals surface area contributed by atoms with Crippen molar-refractivity contribution in [3.8, 4) is 0 Å². The van der Waals surface area contributed by atoms with Gasteiger partial charge in [-0.25, -0.2) is 6.08 Å². The van der Waals surface area contributed by atoms with Gasteiger partial charge in [-0.3, -0.25) is 6.08 Å². The molecule has 0 heterocycles. The van der Waals surface area contributed by atoms with E-state index in [-0.39, 0.29) is 54.9 Å². The zero-order valence-corrected chi connectivity index (χ0v) is 10.5. The second-order valence-electron chi connectivity index (χ2n) is 1.69. The molecule has 0 aromatic heterocycles. The van der Waals surface area contributed by atoms with Crippen LogP contribution in [0.1, 0.15) is 6.42 Å². The van der Waals surface area contributed by atoms with E-state index in [1.165, 1.54) is 6.08 Å². The number of hydrogen-bond donors (Lipinski definition) is 0. The molecule has 0 nitrogen and oxygen atoms in total. The topological polar surface area (TPSA) is 0 Å². The standard InChI is InChI=1S/C6H4F3.3CH3.Zr/c7-6(8,9)5-3-1-2-4-5;;;;/h1,3H,2H2;3*1H3;/q4*-1;+4. The molecule has 13 heavy (non-hydrogen) atoms. The summed E-state index contributed by atoms with van der Waals surface area (Å²) in [4.78, 5) is 0. The summed E-state index contributed by atoms with van der Waals surface area (Å²) in [6.07, 6.45) is 0.737. The first-order valence-electron chi connectivity index (χ1n) is 2.45. The summed E-state index contributed by atoms with van der Waals surface area (Å²) in [6, 6.07) is 0. The van der Waals surface area contributed by atoms with Crippen LogP contribution >= 0.6 is 0 Å². The van der Waals surface area contributed by atoms with Gasteiger partial charge in [0.15, 0.2) is 0 Å². The smallest absolute Gasteiger partial charge is 0.358 e. The second kappa shape index (κ2) is 8.74. The van der Waals surface area contributed by atoms with Gasteiger partial charge in [-0.2, -0.15) is 19.2 Å². The van der Waals surface area contributed by atoms with E-state index in [0.29, 0.717) is 0 Å². The molecule has 1 aliphatic carbocycles. The molecule has 0 saturated heterocycles. The van der Waals surface area contributed by atoms with Crippen molar-refractivity contribution < 1.29 is 39.4 Å². The number of halogens is 3. The van der Waals surface area contributed by atoms with Crippen LogP contribution in [0, 0.1) is 28.4 Å². The van der Waals surface area contributed by atoms with E-state index in [2.05, 4.69) is 6.08 Å². The largest absolute Gasteiger partial charge is 4.00 e. The molecule has 0 spiro atoms. The van der Waals surface area contributed by atoms with Crippen LogP contribution in [0.2, 0.25) is 0 Å². The molecule has 0 saturated carbocycles. The molecule has 0 unspecified atom stereocenters. The molecule has 4 heteroatoms. The summed E-state index contributed by atoms with van der Waals surface area (Å²) in [5.74, 6) is 0. The van der Waals surface area contributed by atoms with Crippen LogP contribution in [0.4, 0.5) is 13.2 Å². The number of alkyl halides is 3. The van der Waals surface area contributed by atoms with E-state index in [0.717, 1.165) is 6.08 Å². The van der Waals surface area contributed by atoms with Gasteiger partial charge in [-0.05, 0) is 0 Å². The molecule has 0 radical (unpaired) electrons. The van der Waals surface area contributed by atoms with Crippen molar-refractivity contribution in [2.45, 2.75) is 12.6 Å². The van der Waals surface area contributed by atoms with Crippen molar-refractivity contribution in [2.24, 2.45) is 0 Å². The van der Waals surface area contributed by atoms with Crippen LogP contribution in [0.25, 0.3) is 0 Å². The van der Waals surface area contributed by atoms with E-state index in [1.54, 1.807) is 0 Å². The number of rotatable bonds is 0. The average Bonchev–Trinajstić information content (AvgIpc) is 2.08. The van der Waals surface area contributed by atoms with Crippen LogP contribution < -0.4 is 0 Å². The zero-order chi connectivity index (χ0) is 6.91. The van der Waals surface area contributed by atoms with E-state index < -0.39 is 11.7 Å². The van der Waals surface area contributed by atoms with Gasteiger partial charge >= 0.3 is 32.4 Å². The molecule has 0 aromatic carbocycles. The minimum atomic E-state index is -4.20. The summed E-state index contributed by atoms with van der Waals surface area (Å²) in [6.45, 7) is 0. The first kappa shape index (κ1) is 23.2. The van der Waals surface area contributed by atoms with Crippen LogP contribution in [0.5, 0.6) is 0 Å². The maximum atomic E-state index is 11.6. The number of allylic oxidation sites excluding steroid dienone is 4. The maximum absolute atomic E-state index is 11.6. The molecule has 0 atom stereocenters. The van der Waals surface area contributed by atoms with Crippen LogP contribution in [-0.4, -0.2) is 6.18 Å². The molecule has 0 amide bonds. The molecule has 74 valence electrons. The third-order valence-corrected chi connectivity index (χ3v) is 1.00. The van der Waals surface area contributed by atoms with Crippen LogP contribution in [0.3, 0.4) is 0 Å². The quantitative estimate of drug-likeness (QED) is 0.590. The Hall–Kier alpha value is 0.153. The Morgan fingerprint density at radius 3 is 1.77 bits per heavy atom. The Kier molecular flexibility index (Phi) is 15.6. The molecule has 0 aromatic rings. The summed E-state index contributed by atoms with van der Waals surface area (Å²) >= 11 is 0. The predicted molar refractivity (Wildman–Crippen MR) is 45.8 cm³/mol. The molecule has 0 fully saturated rings. The van der Waals surface area contributed by atoms with Gasteiger partial charge in [0.2, 0.25) is 0 Å². The minimum absolute atomic E-state index is 0. The Labute approximate surface area is 98.0 Å². The first-order chi connectivity index (χ1) is 4.11. The fourth-order valence-corrected chi connectivity index (χ4v) is 0.599. The zero-order valence-electron chi connectivity index (χ0n) is 8.00. The summed E-state index contributed by atoms with van der Waals surface area (Å²) in [5.41, 5.74) is -0.650. The molecule has 0 N–H and O–H groups in total. The van der Waals surface area contributed by atoms with Crippen molar-refractivity contribution in [3.63, 3.8) is 0 Å². The van der Waals surface area contributed by atoms with Gasteiger partial charge in [0.05, 0.1) is 0 Å². The Morgan fingerprint density at radius 2 is 1.62 bits per heavy atom. The van der Waals surface area contributed by atoms with Crippen LogP contribution in [-0.2, 0) is 26.2 Å². The molecule has 0 aliphatic heterocycles.